The molecule has 0 atom stereocenters. The number of nitrogens with zero attached hydrogens (tertiary/aromatic N) is 2. The number of hydrogen-bond acceptors (Lipinski definition) is 6. The van der Waals surface area contributed by atoms with E-state index in [2.05, 4.69) is 10.5 Å². The van der Waals surface area contributed by atoms with Gasteiger partial charge in [0.1, 0.15) is 5.82 Å². The van der Waals surface area contributed by atoms with Gasteiger partial charge in [-0.15, -0.1) is 10.2 Å². The minimum Gasteiger partial charge on any atom is -0.481 e. The molecule has 3 N–H and O–H groups in total. The molecule has 0 saturated heterocycles. The van der Waals surface area contributed by atoms with Gasteiger partial charge in [0.25, 0.3) is 5.91 Å². The smallest absolute Gasteiger partial charge is 0.295 e. The van der Waals surface area contributed by atoms with E-state index < -0.39 is 11.7 Å². The predicted molar refractivity (Wildman–Crippen MR) is 69.7 cm³/mol. The van der Waals surface area contributed by atoms with Gasteiger partial charge in [-0.3, -0.25) is 4.79 Å². The monoisotopic (exact) mass is 280 g/mol. The number of para-hydroxylation sites is 1. The number of nitrogens with one attached hydrogen (secondary N) is 1. The highest BCUT2D eigenvalue weighted by Crippen LogP contribution is 2.18. The molecule has 0 saturated carbocycles. The van der Waals surface area contributed by atoms with Crippen molar-refractivity contribution < 1.29 is 18.7 Å². The first kappa shape index (κ1) is 13.7. The third-order valence-corrected chi connectivity index (χ3v) is 2.57. The average molecular weight is 280 g/mol. The van der Waals surface area contributed by atoms with Crippen LogP contribution in [0.5, 0.6) is 0 Å². The molecule has 1 aliphatic rings. The lowest BCUT2D eigenvalue weighted by atomic mass is 10.1. The number of rotatable bonds is 2. The van der Waals surface area contributed by atoms with Gasteiger partial charge < -0.3 is 15.2 Å². The number of hydrazine groups is 1. The lowest BCUT2D eigenvalue weighted by Gasteiger charge is -2.24. The van der Waals surface area contributed by atoms with Crippen LogP contribution in [0.25, 0.3) is 0 Å². The zero-order valence-corrected chi connectivity index (χ0v) is 10.9. The Balaban J connectivity index is 2.32. The van der Waals surface area contributed by atoms with E-state index in [0.29, 0.717) is 0 Å². The number of nitrogen functional groups attached to an aromatic ring is 1. The first-order valence-electron chi connectivity index (χ1n) is 5.60. The van der Waals surface area contributed by atoms with Crippen LogP contribution in [-0.4, -0.2) is 31.1 Å². The second-order valence-electron chi connectivity index (χ2n) is 3.78. The predicted octanol–water partition coefficient (Wildman–Crippen LogP) is 0.816. The van der Waals surface area contributed by atoms with Crippen molar-refractivity contribution in [3.8, 4) is 0 Å². The molecule has 1 heterocycles. The number of nitrogens with two attached hydrogens (primary N) is 1. The summed E-state index contributed by atoms with van der Waals surface area (Å²) in [6.45, 7) is 0. The molecule has 8 heteroatoms. The van der Waals surface area contributed by atoms with Crippen LogP contribution in [0.2, 0.25) is 0 Å². The fraction of sp³-hybridized carbons (Fsp3) is 0.167. The molecule has 1 aromatic carbocycles. The second-order valence-corrected chi connectivity index (χ2v) is 3.78. The van der Waals surface area contributed by atoms with Gasteiger partial charge in [0, 0.05) is 0 Å². The highest BCUT2D eigenvalue weighted by atomic mass is 19.1. The minimum atomic E-state index is -0.675. The number of benzene rings is 1. The average Bonchev–Trinajstić information content (AvgIpc) is 2.48. The van der Waals surface area contributed by atoms with Crippen LogP contribution in [0.4, 0.5) is 10.1 Å². The molecular weight excluding hydrogens is 267 g/mol. The fourth-order valence-electron chi connectivity index (χ4n) is 1.54. The molecular formula is C12H13FN4O3. The summed E-state index contributed by atoms with van der Waals surface area (Å²) < 4.78 is 23.3. The second kappa shape index (κ2) is 5.47. The number of ether oxygens (including phenoxy) is 2. The fourth-order valence-corrected chi connectivity index (χ4v) is 1.54. The normalized spacial score (nSPS) is 14.1. The molecule has 0 fully saturated rings. The Morgan fingerprint density at radius 3 is 2.80 bits per heavy atom. The SMILES string of the molecule is COC1=CC(OC)=NN(C(=O)c2cccc(F)c2N)N1. The van der Waals surface area contributed by atoms with Crippen LogP contribution in [0.1, 0.15) is 10.4 Å². The topological polar surface area (TPSA) is 89.2 Å². The molecule has 0 unspecified atom stereocenters. The molecule has 1 aliphatic heterocycles. The minimum absolute atomic E-state index is 0.0194. The molecule has 7 nitrogen and oxygen atoms in total. The Morgan fingerprint density at radius 1 is 1.40 bits per heavy atom. The first-order valence-corrected chi connectivity index (χ1v) is 5.60. The van der Waals surface area contributed by atoms with Crippen molar-refractivity contribution in [2.75, 3.05) is 20.0 Å². The van der Waals surface area contributed by atoms with Gasteiger partial charge in [0.2, 0.25) is 11.8 Å². The van der Waals surface area contributed by atoms with Gasteiger partial charge in [-0.1, -0.05) is 6.07 Å². The van der Waals surface area contributed by atoms with Crippen LogP contribution in [0.15, 0.2) is 35.3 Å². The van der Waals surface area contributed by atoms with E-state index in [1.807, 2.05) is 0 Å². The maximum atomic E-state index is 13.4. The molecule has 0 bridgehead atoms. The number of anilines is 1. The summed E-state index contributed by atoms with van der Waals surface area (Å²) in [5.41, 5.74) is 7.87. The van der Waals surface area contributed by atoms with Gasteiger partial charge in [0.05, 0.1) is 31.5 Å². The maximum absolute atomic E-state index is 13.4. The Labute approximate surface area is 114 Å². The number of methoxy groups -OCH3 is 2. The van der Waals surface area contributed by atoms with Gasteiger partial charge in [0.15, 0.2) is 0 Å². The maximum Gasteiger partial charge on any atom is 0.295 e. The third-order valence-electron chi connectivity index (χ3n) is 2.57. The molecule has 0 aromatic heterocycles. The lowest BCUT2D eigenvalue weighted by Crippen LogP contribution is -2.42. The highest BCUT2D eigenvalue weighted by molar-refractivity contribution is 6.00. The van der Waals surface area contributed by atoms with E-state index in [4.69, 9.17) is 15.2 Å². The van der Waals surface area contributed by atoms with E-state index in [1.54, 1.807) is 0 Å². The van der Waals surface area contributed by atoms with Crippen molar-refractivity contribution in [1.29, 1.82) is 0 Å². The van der Waals surface area contributed by atoms with Crippen molar-refractivity contribution in [2.45, 2.75) is 0 Å². The highest BCUT2D eigenvalue weighted by Gasteiger charge is 2.24. The number of amides is 1. The van der Waals surface area contributed by atoms with Gasteiger partial charge >= 0.3 is 0 Å². The molecule has 106 valence electrons. The summed E-state index contributed by atoms with van der Waals surface area (Å²) in [5, 5.41) is 4.74. The Morgan fingerprint density at radius 2 is 2.15 bits per heavy atom. The molecule has 20 heavy (non-hydrogen) atoms. The van der Waals surface area contributed by atoms with E-state index in [1.165, 1.54) is 38.5 Å². The number of halogens is 1. The van der Waals surface area contributed by atoms with Crippen LogP contribution in [0, 0.1) is 5.82 Å². The number of carbonyl (C=O) groups is 1. The van der Waals surface area contributed by atoms with Crippen molar-refractivity contribution >= 4 is 17.5 Å². The van der Waals surface area contributed by atoms with E-state index in [0.717, 1.165) is 5.12 Å². The van der Waals surface area contributed by atoms with Crippen LogP contribution < -0.4 is 11.2 Å². The molecule has 1 aromatic rings. The van der Waals surface area contributed by atoms with E-state index in [-0.39, 0.29) is 23.0 Å². The summed E-state index contributed by atoms with van der Waals surface area (Å²) in [6.07, 6.45) is 1.46. The summed E-state index contributed by atoms with van der Waals surface area (Å²) in [4.78, 5) is 12.3. The van der Waals surface area contributed by atoms with Crippen LogP contribution in [-0.2, 0) is 9.47 Å². The van der Waals surface area contributed by atoms with Crippen molar-refractivity contribution in [2.24, 2.45) is 5.10 Å². The standard InChI is InChI=1S/C12H13FN4O3/c1-19-9-6-10(20-2)16-17(15-9)12(18)7-4-3-5-8(13)11(7)14/h3-6,15H,14H2,1-2H3. The summed E-state index contributed by atoms with van der Waals surface area (Å²) in [6, 6.07) is 3.95. The molecule has 1 amide bonds. The molecule has 0 spiro atoms. The Kier molecular flexibility index (Phi) is 3.74. The van der Waals surface area contributed by atoms with Gasteiger partial charge in [-0.25, -0.2) is 9.82 Å². The zero-order valence-electron chi connectivity index (χ0n) is 10.9. The Bertz CT molecular complexity index is 600. The van der Waals surface area contributed by atoms with Gasteiger partial charge in [-0.05, 0) is 12.1 Å². The summed E-state index contributed by atoms with van der Waals surface area (Å²) in [7, 11) is 2.81. The largest absolute Gasteiger partial charge is 0.481 e. The number of hydrogen-bond donors (Lipinski definition) is 2. The van der Waals surface area contributed by atoms with Crippen molar-refractivity contribution in [1.82, 2.24) is 10.5 Å². The van der Waals surface area contributed by atoms with Crippen molar-refractivity contribution in [3.63, 3.8) is 0 Å². The molecule has 0 radical (unpaired) electrons. The van der Waals surface area contributed by atoms with Crippen LogP contribution >= 0.6 is 0 Å². The molecule has 0 aliphatic carbocycles. The Hall–Kier alpha value is -2.77. The van der Waals surface area contributed by atoms with Crippen LogP contribution in [0.3, 0.4) is 0 Å². The van der Waals surface area contributed by atoms with Crippen molar-refractivity contribution in [3.05, 3.63) is 41.5 Å². The quantitative estimate of drug-likeness (QED) is 0.783. The summed E-state index contributed by atoms with van der Waals surface area (Å²) in [5.74, 6) is -0.908. The molecule has 2 rings (SSSR count). The number of hydrazone groups is 1. The van der Waals surface area contributed by atoms with E-state index in [9.17, 15) is 9.18 Å². The van der Waals surface area contributed by atoms with E-state index >= 15 is 0 Å². The third kappa shape index (κ3) is 2.48. The first-order chi connectivity index (χ1) is 9.56. The lowest BCUT2D eigenvalue weighted by molar-refractivity contribution is 0.0608. The van der Waals surface area contributed by atoms with Gasteiger partial charge in [-0.2, -0.15) is 0 Å². The number of carbonyl (C=O) groups excluding carboxylic acids is 1. The zero-order chi connectivity index (χ0) is 14.7. The summed E-state index contributed by atoms with van der Waals surface area (Å²) >= 11 is 0.